The summed E-state index contributed by atoms with van der Waals surface area (Å²) in [6.07, 6.45) is 5.31. The Balaban J connectivity index is 1.83. The van der Waals surface area contributed by atoms with Gasteiger partial charge in [0.2, 0.25) is 0 Å². The molecule has 1 N–H and O–H groups in total. The molecule has 3 heteroatoms. The van der Waals surface area contributed by atoms with E-state index in [2.05, 4.69) is 41.6 Å². The van der Waals surface area contributed by atoms with E-state index in [9.17, 15) is 0 Å². The van der Waals surface area contributed by atoms with Crippen LogP contribution in [-0.2, 0) is 11.2 Å². The van der Waals surface area contributed by atoms with Crippen molar-refractivity contribution in [3.63, 3.8) is 0 Å². The molecule has 106 valence electrons. The zero-order valence-corrected chi connectivity index (χ0v) is 12.0. The molecule has 1 atom stereocenters. The Kier molecular flexibility index (Phi) is 4.28. The summed E-state index contributed by atoms with van der Waals surface area (Å²) < 4.78 is 5.48. The molecular weight excluding hydrogens is 248 g/mol. The third kappa shape index (κ3) is 2.84. The van der Waals surface area contributed by atoms with Gasteiger partial charge in [0, 0.05) is 30.8 Å². The lowest BCUT2D eigenvalue weighted by molar-refractivity contribution is 0.0548. The van der Waals surface area contributed by atoms with Gasteiger partial charge in [-0.3, -0.25) is 4.98 Å². The fourth-order valence-electron chi connectivity index (χ4n) is 3.19. The number of para-hydroxylation sites is 1. The minimum Gasteiger partial charge on any atom is -0.381 e. The summed E-state index contributed by atoms with van der Waals surface area (Å²) in [6.45, 7) is 1.81. The maximum atomic E-state index is 5.48. The number of fused-ring (bicyclic) bond motifs is 1. The fourth-order valence-corrected chi connectivity index (χ4v) is 3.19. The summed E-state index contributed by atoms with van der Waals surface area (Å²) in [5, 5.41) is 4.79. The summed E-state index contributed by atoms with van der Waals surface area (Å²) in [7, 11) is 2.07. The minimum absolute atomic E-state index is 0.518. The second kappa shape index (κ2) is 6.33. The molecule has 20 heavy (non-hydrogen) atoms. The van der Waals surface area contributed by atoms with E-state index < -0.39 is 0 Å². The standard InChI is InChI=1S/C17H22N2O/c1-18-17(13-7-10-20-11-8-13)12-14-6-9-19-16-5-3-2-4-15(14)16/h2-6,9,13,17-18H,7-8,10-12H2,1H3. The molecular formula is C17H22N2O. The minimum atomic E-state index is 0.518. The number of aromatic nitrogens is 1. The normalized spacial score (nSPS) is 18.2. The van der Waals surface area contributed by atoms with Gasteiger partial charge in [0.05, 0.1) is 5.52 Å². The molecule has 0 saturated carbocycles. The molecule has 0 spiro atoms. The van der Waals surface area contributed by atoms with Gasteiger partial charge in [-0.15, -0.1) is 0 Å². The monoisotopic (exact) mass is 270 g/mol. The lowest BCUT2D eigenvalue weighted by Gasteiger charge is -2.30. The summed E-state index contributed by atoms with van der Waals surface area (Å²) in [6, 6.07) is 11.1. The topological polar surface area (TPSA) is 34.2 Å². The van der Waals surface area contributed by atoms with Crippen LogP contribution < -0.4 is 5.32 Å². The molecule has 1 unspecified atom stereocenters. The van der Waals surface area contributed by atoms with Crippen molar-refractivity contribution >= 4 is 10.9 Å². The molecule has 1 aliphatic heterocycles. The molecule has 3 rings (SSSR count). The summed E-state index contributed by atoms with van der Waals surface area (Å²) >= 11 is 0. The van der Waals surface area contributed by atoms with Crippen LogP contribution >= 0.6 is 0 Å². The molecule has 3 nitrogen and oxygen atoms in total. The second-order valence-corrected chi connectivity index (χ2v) is 5.54. The number of likely N-dealkylation sites (N-methyl/N-ethyl adjacent to an activating group) is 1. The molecule has 0 radical (unpaired) electrons. The largest absolute Gasteiger partial charge is 0.381 e. The highest BCUT2D eigenvalue weighted by molar-refractivity contribution is 5.81. The second-order valence-electron chi connectivity index (χ2n) is 5.54. The van der Waals surface area contributed by atoms with E-state index in [4.69, 9.17) is 4.74 Å². The summed E-state index contributed by atoms with van der Waals surface area (Å²) in [4.78, 5) is 4.45. The van der Waals surface area contributed by atoms with Crippen LogP contribution in [0.2, 0.25) is 0 Å². The molecule has 0 aliphatic carbocycles. The maximum absolute atomic E-state index is 5.48. The van der Waals surface area contributed by atoms with Gasteiger partial charge in [-0.1, -0.05) is 18.2 Å². The smallest absolute Gasteiger partial charge is 0.0704 e. The number of nitrogens with one attached hydrogen (secondary N) is 1. The van der Waals surface area contributed by atoms with Crippen molar-refractivity contribution in [2.24, 2.45) is 5.92 Å². The predicted octanol–water partition coefficient (Wildman–Crippen LogP) is 2.79. The third-order valence-electron chi connectivity index (χ3n) is 4.38. The van der Waals surface area contributed by atoms with Crippen LogP contribution in [0.15, 0.2) is 36.5 Å². The van der Waals surface area contributed by atoms with Gasteiger partial charge in [0.25, 0.3) is 0 Å². The highest BCUT2D eigenvalue weighted by Gasteiger charge is 2.23. The Labute approximate surface area is 120 Å². The Morgan fingerprint density at radius 3 is 2.85 bits per heavy atom. The van der Waals surface area contributed by atoms with Crippen molar-refractivity contribution in [2.45, 2.75) is 25.3 Å². The van der Waals surface area contributed by atoms with Crippen molar-refractivity contribution in [3.05, 3.63) is 42.1 Å². The zero-order valence-electron chi connectivity index (χ0n) is 12.0. The van der Waals surface area contributed by atoms with Crippen molar-refractivity contribution in [1.82, 2.24) is 10.3 Å². The average Bonchev–Trinajstić information content (AvgIpc) is 2.53. The van der Waals surface area contributed by atoms with Gasteiger partial charge in [0.1, 0.15) is 0 Å². The van der Waals surface area contributed by atoms with Crippen LogP contribution in [0.4, 0.5) is 0 Å². The first-order chi connectivity index (χ1) is 9.88. The Morgan fingerprint density at radius 2 is 2.05 bits per heavy atom. The molecule has 1 fully saturated rings. The van der Waals surface area contributed by atoms with E-state index in [0.29, 0.717) is 12.0 Å². The third-order valence-corrected chi connectivity index (χ3v) is 4.38. The SMILES string of the molecule is CNC(Cc1ccnc2ccccc12)C1CCOCC1. The van der Waals surface area contributed by atoms with Crippen LogP contribution in [-0.4, -0.2) is 31.3 Å². The van der Waals surface area contributed by atoms with Crippen LogP contribution in [0.25, 0.3) is 10.9 Å². The lowest BCUT2D eigenvalue weighted by atomic mass is 9.87. The van der Waals surface area contributed by atoms with E-state index in [1.807, 2.05) is 12.3 Å². The molecule has 1 aliphatic rings. The number of rotatable bonds is 4. The fraction of sp³-hybridized carbons (Fsp3) is 0.471. The Hall–Kier alpha value is -1.45. The summed E-state index contributed by atoms with van der Waals surface area (Å²) in [5.41, 5.74) is 2.48. The highest BCUT2D eigenvalue weighted by atomic mass is 16.5. The van der Waals surface area contributed by atoms with Gasteiger partial charge in [-0.25, -0.2) is 0 Å². The van der Waals surface area contributed by atoms with E-state index >= 15 is 0 Å². The van der Waals surface area contributed by atoms with Crippen molar-refractivity contribution in [2.75, 3.05) is 20.3 Å². The van der Waals surface area contributed by atoms with Gasteiger partial charge >= 0.3 is 0 Å². The number of ether oxygens (including phenoxy) is 1. The molecule has 1 saturated heterocycles. The van der Waals surface area contributed by atoms with Crippen LogP contribution in [0, 0.1) is 5.92 Å². The predicted molar refractivity (Wildman–Crippen MR) is 81.8 cm³/mol. The van der Waals surface area contributed by atoms with Gasteiger partial charge in [-0.05, 0) is 49.9 Å². The van der Waals surface area contributed by atoms with E-state index in [0.717, 1.165) is 38.0 Å². The zero-order chi connectivity index (χ0) is 13.8. The van der Waals surface area contributed by atoms with E-state index in [1.165, 1.54) is 10.9 Å². The number of hydrogen-bond acceptors (Lipinski definition) is 3. The number of hydrogen-bond donors (Lipinski definition) is 1. The van der Waals surface area contributed by atoms with Crippen molar-refractivity contribution < 1.29 is 4.74 Å². The van der Waals surface area contributed by atoms with Crippen LogP contribution in [0.1, 0.15) is 18.4 Å². The van der Waals surface area contributed by atoms with Crippen LogP contribution in [0.3, 0.4) is 0 Å². The number of benzene rings is 1. The van der Waals surface area contributed by atoms with Crippen molar-refractivity contribution in [1.29, 1.82) is 0 Å². The lowest BCUT2D eigenvalue weighted by Crippen LogP contribution is -2.38. The maximum Gasteiger partial charge on any atom is 0.0704 e. The van der Waals surface area contributed by atoms with E-state index in [-0.39, 0.29) is 0 Å². The molecule has 1 aromatic heterocycles. The number of pyridine rings is 1. The van der Waals surface area contributed by atoms with Gasteiger partial charge < -0.3 is 10.1 Å². The molecule has 2 heterocycles. The summed E-state index contributed by atoms with van der Waals surface area (Å²) in [5.74, 6) is 0.709. The number of nitrogens with zero attached hydrogens (tertiary/aromatic N) is 1. The molecule has 0 bridgehead atoms. The van der Waals surface area contributed by atoms with Crippen LogP contribution in [0.5, 0.6) is 0 Å². The first-order valence-electron chi connectivity index (χ1n) is 7.46. The van der Waals surface area contributed by atoms with Gasteiger partial charge in [-0.2, -0.15) is 0 Å². The molecule has 0 amide bonds. The highest BCUT2D eigenvalue weighted by Crippen LogP contribution is 2.24. The molecule has 2 aromatic rings. The Bertz CT molecular complexity index is 558. The first kappa shape index (κ1) is 13.5. The first-order valence-corrected chi connectivity index (χ1v) is 7.46. The molecule has 1 aromatic carbocycles. The average molecular weight is 270 g/mol. The Morgan fingerprint density at radius 1 is 1.25 bits per heavy atom. The quantitative estimate of drug-likeness (QED) is 0.927. The van der Waals surface area contributed by atoms with Gasteiger partial charge in [0.15, 0.2) is 0 Å². The van der Waals surface area contributed by atoms with Crippen molar-refractivity contribution in [3.8, 4) is 0 Å². The van der Waals surface area contributed by atoms with E-state index in [1.54, 1.807) is 0 Å².